The van der Waals surface area contributed by atoms with Crippen molar-refractivity contribution in [2.45, 2.75) is 6.10 Å². The molecule has 0 saturated heterocycles. The Morgan fingerprint density at radius 2 is 2.00 bits per heavy atom. The smallest absolute Gasteiger partial charge is 0.205 e. The molecule has 0 spiro atoms. The van der Waals surface area contributed by atoms with Gasteiger partial charge in [0.2, 0.25) is 5.78 Å². The van der Waals surface area contributed by atoms with Crippen LogP contribution < -0.4 is 4.74 Å². The van der Waals surface area contributed by atoms with Crippen molar-refractivity contribution in [2.24, 2.45) is 0 Å². The fraction of sp³-hybridized carbons (Fsp3) is 0.154. The summed E-state index contributed by atoms with van der Waals surface area (Å²) >= 11 is 1.33. The van der Waals surface area contributed by atoms with E-state index in [1.165, 1.54) is 11.3 Å². The molecule has 17 heavy (non-hydrogen) atoms. The third-order valence-electron chi connectivity index (χ3n) is 2.44. The number of aliphatic hydroxyl groups is 1. The van der Waals surface area contributed by atoms with Gasteiger partial charge < -0.3 is 9.84 Å². The summed E-state index contributed by atoms with van der Waals surface area (Å²) in [6.45, 7) is 0. The molecule has 0 saturated carbocycles. The van der Waals surface area contributed by atoms with E-state index in [4.69, 9.17) is 4.74 Å². The Hall–Kier alpha value is -1.65. The maximum atomic E-state index is 11.9. The highest BCUT2D eigenvalue weighted by molar-refractivity contribution is 7.12. The van der Waals surface area contributed by atoms with Gasteiger partial charge in [0.25, 0.3) is 0 Å². The molecule has 88 valence electrons. The van der Waals surface area contributed by atoms with Gasteiger partial charge in [-0.3, -0.25) is 4.79 Å². The van der Waals surface area contributed by atoms with Crippen LogP contribution in [0.15, 0.2) is 41.8 Å². The lowest BCUT2D eigenvalue weighted by molar-refractivity contribution is 0.0752. The molecule has 4 heteroatoms. The second-order valence-electron chi connectivity index (χ2n) is 3.52. The van der Waals surface area contributed by atoms with E-state index in [2.05, 4.69) is 0 Å². The fourth-order valence-electron chi connectivity index (χ4n) is 1.49. The van der Waals surface area contributed by atoms with Crippen molar-refractivity contribution in [3.63, 3.8) is 0 Å². The number of hydrogen-bond donors (Lipinski definition) is 1. The van der Waals surface area contributed by atoms with Crippen molar-refractivity contribution in [3.8, 4) is 5.75 Å². The summed E-state index contributed by atoms with van der Waals surface area (Å²) in [5.74, 6) is 0.426. The molecule has 0 radical (unpaired) electrons. The molecule has 1 atom stereocenters. The van der Waals surface area contributed by atoms with E-state index in [1.807, 2.05) is 5.38 Å². The number of carbonyl (C=O) groups excluding carboxylic acids is 1. The number of hydrogen-bond acceptors (Lipinski definition) is 4. The van der Waals surface area contributed by atoms with Crippen molar-refractivity contribution < 1.29 is 14.6 Å². The number of thiophene rings is 1. The molecule has 2 aromatic rings. The van der Waals surface area contributed by atoms with Gasteiger partial charge in [0, 0.05) is 0 Å². The molecule has 2 rings (SSSR count). The average Bonchev–Trinajstić information content (AvgIpc) is 2.91. The molecule has 1 N–H and O–H groups in total. The number of ketones is 1. The summed E-state index contributed by atoms with van der Waals surface area (Å²) in [5.41, 5.74) is 0.573. The third kappa shape index (κ3) is 2.54. The zero-order valence-corrected chi connectivity index (χ0v) is 10.1. The number of aliphatic hydroxyl groups excluding tert-OH is 1. The van der Waals surface area contributed by atoms with Crippen molar-refractivity contribution in [2.75, 3.05) is 7.11 Å². The van der Waals surface area contributed by atoms with Crippen LogP contribution in [0.1, 0.15) is 21.3 Å². The van der Waals surface area contributed by atoms with Gasteiger partial charge in [0.05, 0.1) is 12.0 Å². The van der Waals surface area contributed by atoms with Crippen LogP contribution in [0.3, 0.4) is 0 Å². The second-order valence-corrected chi connectivity index (χ2v) is 4.46. The largest absolute Gasteiger partial charge is 0.497 e. The van der Waals surface area contributed by atoms with E-state index < -0.39 is 6.10 Å². The molecule has 0 amide bonds. The van der Waals surface area contributed by atoms with E-state index in [0.29, 0.717) is 16.2 Å². The first-order valence-corrected chi connectivity index (χ1v) is 6.00. The van der Waals surface area contributed by atoms with Gasteiger partial charge in [0.15, 0.2) is 0 Å². The third-order valence-corrected chi connectivity index (χ3v) is 3.33. The van der Waals surface area contributed by atoms with E-state index in [1.54, 1.807) is 43.5 Å². The molecule has 0 aliphatic carbocycles. The minimum absolute atomic E-state index is 0.273. The first-order chi connectivity index (χ1) is 8.22. The zero-order chi connectivity index (χ0) is 12.3. The van der Waals surface area contributed by atoms with Gasteiger partial charge in [-0.2, -0.15) is 0 Å². The lowest BCUT2D eigenvalue weighted by Crippen LogP contribution is -2.10. The SMILES string of the molecule is COc1ccc(C(O)C(=O)c2cccs2)cc1. The van der Waals surface area contributed by atoms with E-state index in [-0.39, 0.29) is 5.78 Å². The van der Waals surface area contributed by atoms with Crippen LogP contribution in [0.5, 0.6) is 5.75 Å². The highest BCUT2D eigenvalue weighted by atomic mass is 32.1. The number of methoxy groups -OCH3 is 1. The van der Waals surface area contributed by atoms with Crippen LogP contribution in [0.4, 0.5) is 0 Å². The highest BCUT2D eigenvalue weighted by Gasteiger charge is 2.19. The summed E-state index contributed by atoms with van der Waals surface area (Å²) in [6, 6.07) is 10.3. The topological polar surface area (TPSA) is 46.5 Å². The predicted molar refractivity (Wildman–Crippen MR) is 66.6 cm³/mol. The van der Waals surface area contributed by atoms with Crippen molar-refractivity contribution in [3.05, 3.63) is 52.2 Å². The molecule has 3 nitrogen and oxygen atoms in total. The van der Waals surface area contributed by atoms with Gasteiger partial charge in [-0.25, -0.2) is 0 Å². The first kappa shape index (κ1) is 11.8. The van der Waals surface area contributed by atoms with Crippen LogP contribution in [0.2, 0.25) is 0 Å². The quantitative estimate of drug-likeness (QED) is 0.846. The summed E-state index contributed by atoms with van der Waals surface area (Å²) in [4.78, 5) is 12.5. The highest BCUT2D eigenvalue weighted by Crippen LogP contribution is 2.23. The van der Waals surface area contributed by atoms with Crippen LogP contribution in [-0.4, -0.2) is 18.0 Å². The monoisotopic (exact) mass is 248 g/mol. The van der Waals surface area contributed by atoms with Crippen LogP contribution in [-0.2, 0) is 0 Å². The number of carbonyl (C=O) groups is 1. The Morgan fingerprint density at radius 1 is 1.29 bits per heavy atom. The summed E-state index contributed by atoms with van der Waals surface area (Å²) < 4.78 is 5.02. The van der Waals surface area contributed by atoms with Crippen molar-refractivity contribution >= 4 is 17.1 Å². The molecule has 0 fully saturated rings. The van der Waals surface area contributed by atoms with E-state index in [0.717, 1.165) is 0 Å². The predicted octanol–water partition coefficient (Wildman–Crippen LogP) is 2.67. The molecule has 0 bridgehead atoms. The van der Waals surface area contributed by atoms with Crippen LogP contribution >= 0.6 is 11.3 Å². The maximum absolute atomic E-state index is 11.9. The van der Waals surface area contributed by atoms with Gasteiger partial charge in [-0.05, 0) is 29.1 Å². The van der Waals surface area contributed by atoms with Gasteiger partial charge >= 0.3 is 0 Å². The molecule has 1 aromatic heterocycles. The number of ether oxygens (including phenoxy) is 1. The first-order valence-electron chi connectivity index (χ1n) is 5.12. The molecular weight excluding hydrogens is 236 g/mol. The molecule has 1 aromatic carbocycles. The lowest BCUT2D eigenvalue weighted by atomic mass is 10.0. The minimum Gasteiger partial charge on any atom is -0.497 e. The second kappa shape index (κ2) is 5.12. The van der Waals surface area contributed by atoms with E-state index in [9.17, 15) is 9.90 Å². The number of benzene rings is 1. The summed E-state index contributed by atoms with van der Waals surface area (Å²) in [6.07, 6.45) is -1.11. The Kier molecular flexibility index (Phi) is 3.56. The Balaban J connectivity index is 2.19. The molecule has 1 unspecified atom stereocenters. The van der Waals surface area contributed by atoms with Crippen molar-refractivity contribution in [1.82, 2.24) is 0 Å². The minimum atomic E-state index is -1.11. The number of Topliss-reactive ketones (excluding diaryl/α,β-unsaturated/α-hetero) is 1. The summed E-state index contributed by atoms with van der Waals surface area (Å²) in [7, 11) is 1.57. The molecule has 1 heterocycles. The Labute approximate surface area is 103 Å². The van der Waals surface area contributed by atoms with Crippen LogP contribution in [0.25, 0.3) is 0 Å². The number of rotatable bonds is 4. The molecule has 0 aliphatic rings. The van der Waals surface area contributed by atoms with Gasteiger partial charge in [-0.1, -0.05) is 18.2 Å². The molecular formula is C13H12O3S. The standard InChI is InChI=1S/C13H12O3S/c1-16-10-6-4-9(5-7-10)12(14)13(15)11-3-2-8-17-11/h2-8,12,14H,1H3. The fourth-order valence-corrected chi connectivity index (χ4v) is 2.18. The lowest BCUT2D eigenvalue weighted by Gasteiger charge is -2.09. The maximum Gasteiger partial charge on any atom is 0.205 e. The Bertz CT molecular complexity index is 488. The normalized spacial score (nSPS) is 12.1. The Morgan fingerprint density at radius 3 is 2.53 bits per heavy atom. The van der Waals surface area contributed by atoms with Gasteiger partial charge in [0.1, 0.15) is 11.9 Å². The van der Waals surface area contributed by atoms with Crippen LogP contribution in [0, 0.1) is 0 Å². The van der Waals surface area contributed by atoms with Crippen molar-refractivity contribution in [1.29, 1.82) is 0 Å². The van der Waals surface area contributed by atoms with Gasteiger partial charge in [-0.15, -0.1) is 11.3 Å². The average molecular weight is 248 g/mol. The zero-order valence-electron chi connectivity index (χ0n) is 9.29. The summed E-state index contributed by atoms with van der Waals surface area (Å²) in [5, 5.41) is 11.8. The van der Waals surface area contributed by atoms with E-state index >= 15 is 0 Å². The molecule has 0 aliphatic heterocycles.